The van der Waals surface area contributed by atoms with Gasteiger partial charge in [-0.2, -0.15) is 0 Å². The monoisotopic (exact) mass is 262 g/mol. The maximum atomic E-state index is 11.9. The lowest BCUT2D eigenvalue weighted by Crippen LogP contribution is -2.60. The fourth-order valence-corrected chi connectivity index (χ4v) is 2.79. The number of nitrogens with zero attached hydrogens (tertiary/aromatic N) is 1. The predicted octanol–water partition coefficient (Wildman–Crippen LogP) is 1.54. The van der Waals surface area contributed by atoms with E-state index in [1.807, 2.05) is 44.2 Å². The molecule has 2 unspecified atom stereocenters. The molecule has 4 nitrogen and oxygen atoms in total. The third-order valence-electron chi connectivity index (χ3n) is 4.35. The third-order valence-corrected chi connectivity index (χ3v) is 4.35. The fraction of sp³-hybridized carbons (Fsp3) is 0.533. The Kier molecular flexibility index (Phi) is 4.22. The first-order valence-electron chi connectivity index (χ1n) is 6.81. The van der Waals surface area contributed by atoms with E-state index < -0.39 is 11.5 Å². The predicted molar refractivity (Wildman–Crippen MR) is 75.3 cm³/mol. The number of piperazine rings is 1. The highest BCUT2D eigenvalue weighted by Crippen LogP contribution is 2.33. The highest BCUT2D eigenvalue weighted by atomic mass is 16.4. The molecule has 0 radical (unpaired) electrons. The van der Waals surface area contributed by atoms with Crippen molar-refractivity contribution >= 4 is 5.97 Å². The Hall–Kier alpha value is -1.39. The summed E-state index contributed by atoms with van der Waals surface area (Å²) in [7, 11) is 0. The van der Waals surface area contributed by atoms with Crippen LogP contribution in [0.4, 0.5) is 0 Å². The zero-order chi connectivity index (χ0) is 13.9. The number of hydrogen-bond acceptors (Lipinski definition) is 3. The molecule has 2 N–H and O–H groups in total. The molecular formula is C15H22N2O2. The average Bonchev–Trinajstić information content (AvgIpc) is 2.47. The van der Waals surface area contributed by atoms with Crippen molar-refractivity contribution in [3.05, 3.63) is 35.9 Å². The Labute approximate surface area is 114 Å². The van der Waals surface area contributed by atoms with Crippen LogP contribution in [-0.4, -0.2) is 47.7 Å². The second-order valence-electron chi connectivity index (χ2n) is 5.32. The molecule has 19 heavy (non-hydrogen) atoms. The Morgan fingerprint density at radius 1 is 1.32 bits per heavy atom. The zero-order valence-corrected chi connectivity index (χ0v) is 11.6. The minimum Gasteiger partial charge on any atom is -0.480 e. The first-order valence-corrected chi connectivity index (χ1v) is 6.81. The standard InChI is InChI=1S/C15H22N2O2/c1-12(13-6-4-3-5-7-13)15(2,14(18)19)17-10-8-16-9-11-17/h3-7,12,16H,8-11H2,1-2H3,(H,18,19). The van der Waals surface area contributed by atoms with Crippen molar-refractivity contribution in [1.29, 1.82) is 0 Å². The quantitative estimate of drug-likeness (QED) is 0.864. The average molecular weight is 262 g/mol. The van der Waals surface area contributed by atoms with E-state index in [1.54, 1.807) is 0 Å². The van der Waals surface area contributed by atoms with E-state index in [0.717, 1.165) is 31.7 Å². The Morgan fingerprint density at radius 3 is 2.42 bits per heavy atom. The van der Waals surface area contributed by atoms with Crippen molar-refractivity contribution in [1.82, 2.24) is 10.2 Å². The molecule has 0 saturated carbocycles. The number of rotatable bonds is 4. The fourth-order valence-electron chi connectivity index (χ4n) is 2.79. The van der Waals surface area contributed by atoms with Crippen LogP contribution in [0.1, 0.15) is 25.3 Å². The van der Waals surface area contributed by atoms with Crippen LogP contribution >= 0.6 is 0 Å². The van der Waals surface area contributed by atoms with Gasteiger partial charge in [0.15, 0.2) is 0 Å². The van der Waals surface area contributed by atoms with Gasteiger partial charge in [0.25, 0.3) is 0 Å². The van der Waals surface area contributed by atoms with E-state index in [4.69, 9.17) is 0 Å². The summed E-state index contributed by atoms with van der Waals surface area (Å²) in [5.74, 6) is -0.796. The zero-order valence-electron chi connectivity index (χ0n) is 11.6. The van der Waals surface area contributed by atoms with Gasteiger partial charge < -0.3 is 10.4 Å². The highest BCUT2D eigenvalue weighted by molar-refractivity contribution is 5.80. The molecule has 0 amide bonds. The van der Waals surface area contributed by atoms with E-state index in [1.165, 1.54) is 0 Å². The molecule has 2 atom stereocenters. The van der Waals surface area contributed by atoms with Crippen molar-refractivity contribution < 1.29 is 9.90 Å². The summed E-state index contributed by atoms with van der Waals surface area (Å²) in [5, 5.41) is 13.0. The molecule has 1 aromatic rings. The number of benzene rings is 1. The summed E-state index contributed by atoms with van der Waals surface area (Å²) in [6.45, 7) is 7.11. The second kappa shape index (κ2) is 5.72. The van der Waals surface area contributed by atoms with Crippen molar-refractivity contribution in [2.45, 2.75) is 25.3 Å². The summed E-state index contributed by atoms with van der Waals surface area (Å²) < 4.78 is 0. The van der Waals surface area contributed by atoms with Crippen LogP contribution in [0.3, 0.4) is 0 Å². The number of carboxylic acids is 1. The van der Waals surface area contributed by atoms with E-state index in [-0.39, 0.29) is 5.92 Å². The van der Waals surface area contributed by atoms with Gasteiger partial charge in [-0.1, -0.05) is 37.3 Å². The first kappa shape index (κ1) is 14.0. The molecule has 0 aromatic heterocycles. The van der Waals surface area contributed by atoms with Gasteiger partial charge in [-0.05, 0) is 12.5 Å². The minimum absolute atomic E-state index is 0.0516. The van der Waals surface area contributed by atoms with Crippen LogP contribution in [-0.2, 0) is 4.79 Å². The Morgan fingerprint density at radius 2 is 1.89 bits per heavy atom. The smallest absolute Gasteiger partial charge is 0.324 e. The van der Waals surface area contributed by atoms with Crippen LogP contribution in [0.25, 0.3) is 0 Å². The van der Waals surface area contributed by atoms with Crippen molar-refractivity contribution in [3.63, 3.8) is 0 Å². The maximum Gasteiger partial charge on any atom is 0.324 e. The Balaban J connectivity index is 2.30. The lowest BCUT2D eigenvalue weighted by Gasteiger charge is -2.44. The number of hydrogen-bond donors (Lipinski definition) is 2. The van der Waals surface area contributed by atoms with Crippen LogP contribution < -0.4 is 5.32 Å². The van der Waals surface area contributed by atoms with E-state index in [9.17, 15) is 9.90 Å². The maximum absolute atomic E-state index is 11.9. The molecule has 1 aliphatic heterocycles. The molecule has 0 bridgehead atoms. The van der Waals surface area contributed by atoms with Gasteiger partial charge in [0.05, 0.1) is 0 Å². The largest absolute Gasteiger partial charge is 0.480 e. The number of carbonyl (C=O) groups is 1. The molecular weight excluding hydrogens is 240 g/mol. The number of nitrogens with one attached hydrogen (secondary N) is 1. The summed E-state index contributed by atoms with van der Waals surface area (Å²) in [5.41, 5.74) is 0.217. The SMILES string of the molecule is CC(c1ccccc1)C(C)(C(=O)O)N1CCNCC1. The topological polar surface area (TPSA) is 52.6 Å². The second-order valence-corrected chi connectivity index (χ2v) is 5.32. The Bertz CT molecular complexity index is 429. The van der Waals surface area contributed by atoms with Crippen LogP contribution in [0.2, 0.25) is 0 Å². The van der Waals surface area contributed by atoms with Crippen molar-refractivity contribution in [2.75, 3.05) is 26.2 Å². The van der Waals surface area contributed by atoms with Crippen LogP contribution in [0.15, 0.2) is 30.3 Å². The summed E-state index contributed by atoms with van der Waals surface area (Å²) in [6.07, 6.45) is 0. The first-order chi connectivity index (χ1) is 9.06. The number of carboxylic acid groups (broad SMARTS) is 1. The van der Waals surface area contributed by atoms with Gasteiger partial charge in [-0.15, -0.1) is 0 Å². The van der Waals surface area contributed by atoms with Crippen molar-refractivity contribution in [2.24, 2.45) is 0 Å². The van der Waals surface area contributed by atoms with Gasteiger partial charge in [0, 0.05) is 32.1 Å². The lowest BCUT2D eigenvalue weighted by atomic mass is 9.80. The van der Waals surface area contributed by atoms with E-state index >= 15 is 0 Å². The van der Waals surface area contributed by atoms with Gasteiger partial charge in [0.2, 0.25) is 0 Å². The highest BCUT2D eigenvalue weighted by Gasteiger charge is 2.45. The normalized spacial score (nSPS) is 21.6. The molecule has 1 fully saturated rings. The molecule has 104 valence electrons. The number of aliphatic carboxylic acids is 1. The van der Waals surface area contributed by atoms with Gasteiger partial charge >= 0.3 is 5.97 Å². The molecule has 1 aromatic carbocycles. The van der Waals surface area contributed by atoms with Gasteiger partial charge in [-0.3, -0.25) is 9.69 Å². The third kappa shape index (κ3) is 2.65. The molecule has 1 heterocycles. The molecule has 4 heteroatoms. The molecule has 1 saturated heterocycles. The molecule has 0 spiro atoms. The summed E-state index contributed by atoms with van der Waals surface area (Å²) in [6, 6.07) is 9.90. The lowest BCUT2D eigenvalue weighted by molar-refractivity contribution is -0.152. The van der Waals surface area contributed by atoms with Crippen LogP contribution in [0.5, 0.6) is 0 Å². The van der Waals surface area contributed by atoms with Gasteiger partial charge in [-0.25, -0.2) is 0 Å². The van der Waals surface area contributed by atoms with E-state index in [2.05, 4.69) is 10.2 Å². The molecule has 2 rings (SSSR count). The van der Waals surface area contributed by atoms with Gasteiger partial charge in [0.1, 0.15) is 5.54 Å². The van der Waals surface area contributed by atoms with E-state index in [0.29, 0.717) is 0 Å². The summed E-state index contributed by atoms with van der Waals surface area (Å²) >= 11 is 0. The molecule has 1 aliphatic rings. The van der Waals surface area contributed by atoms with Crippen molar-refractivity contribution in [3.8, 4) is 0 Å². The van der Waals surface area contributed by atoms with Crippen LogP contribution in [0, 0.1) is 0 Å². The minimum atomic E-state index is -0.858. The summed E-state index contributed by atoms with van der Waals surface area (Å²) in [4.78, 5) is 14.0. The molecule has 0 aliphatic carbocycles.